The zero-order valence-corrected chi connectivity index (χ0v) is 7.25. The Kier molecular flexibility index (Phi) is 5.76. The molecule has 0 bridgehead atoms. The van der Waals surface area contributed by atoms with Gasteiger partial charge in [0.05, 0.1) is 6.61 Å². The van der Waals surface area contributed by atoms with Crippen molar-refractivity contribution in [3.8, 4) is 0 Å². The van der Waals surface area contributed by atoms with Crippen molar-refractivity contribution in [3.63, 3.8) is 0 Å². The zero-order chi connectivity index (χ0) is 10.4. The first-order chi connectivity index (χ1) is 6.04. The molecule has 0 aliphatic heterocycles. The number of hydrogen-bond acceptors (Lipinski definition) is 6. The van der Waals surface area contributed by atoms with Gasteiger partial charge in [-0.25, -0.2) is 0 Å². The number of carbonyl (C=O) groups excluding carboxylic acids is 1. The Labute approximate surface area is 75.4 Å². The van der Waals surface area contributed by atoms with Gasteiger partial charge >= 0.3 is 0 Å². The number of ether oxygens (including phenoxy) is 1. The molecule has 0 amide bonds. The molecular formula is C7H14O6. The molecule has 0 spiro atoms. The zero-order valence-electron chi connectivity index (χ0n) is 7.25. The molecule has 0 aromatic rings. The molecule has 0 heterocycles. The smallest absolute Gasteiger partial charge is 0.189 e. The van der Waals surface area contributed by atoms with Crippen LogP contribution in [0.3, 0.4) is 0 Å². The molecule has 78 valence electrons. The van der Waals surface area contributed by atoms with Gasteiger partial charge in [-0.3, -0.25) is 4.79 Å². The van der Waals surface area contributed by atoms with Gasteiger partial charge in [-0.05, 0) is 0 Å². The highest BCUT2D eigenvalue weighted by atomic mass is 16.5. The first-order valence-corrected chi connectivity index (χ1v) is 3.71. The third kappa shape index (κ3) is 3.79. The van der Waals surface area contributed by atoms with Gasteiger partial charge in [-0.2, -0.15) is 0 Å². The SMILES string of the molecule is COCC(O)C(O)C(O)C(=O)CO. The maximum Gasteiger partial charge on any atom is 0.189 e. The van der Waals surface area contributed by atoms with E-state index in [-0.39, 0.29) is 6.61 Å². The number of rotatable bonds is 6. The fourth-order valence-electron chi connectivity index (χ4n) is 0.764. The van der Waals surface area contributed by atoms with Crippen LogP contribution in [0.1, 0.15) is 0 Å². The van der Waals surface area contributed by atoms with Gasteiger partial charge in [0.25, 0.3) is 0 Å². The van der Waals surface area contributed by atoms with Crippen LogP contribution in [0.5, 0.6) is 0 Å². The first kappa shape index (κ1) is 12.5. The van der Waals surface area contributed by atoms with E-state index < -0.39 is 30.7 Å². The van der Waals surface area contributed by atoms with E-state index in [0.29, 0.717) is 0 Å². The Hall–Kier alpha value is -0.530. The monoisotopic (exact) mass is 194 g/mol. The minimum absolute atomic E-state index is 0.197. The highest BCUT2D eigenvalue weighted by Crippen LogP contribution is 2.01. The summed E-state index contributed by atoms with van der Waals surface area (Å²) in [6, 6.07) is 0. The van der Waals surface area contributed by atoms with Crippen LogP contribution < -0.4 is 0 Å². The van der Waals surface area contributed by atoms with Crippen molar-refractivity contribution in [2.75, 3.05) is 20.3 Å². The molecule has 13 heavy (non-hydrogen) atoms. The summed E-state index contributed by atoms with van der Waals surface area (Å²) >= 11 is 0. The normalized spacial score (nSPS) is 17.9. The fourth-order valence-corrected chi connectivity index (χ4v) is 0.764. The average molecular weight is 194 g/mol. The average Bonchev–Trinajstić information content (AvgIpc) is 2.14. The summed E-state index contributed by atoms with van der Waals surface area (Å²) in [6.07, 6.45) is -4.77. The molecule has 6 nitrogen and oxygen atoms in total. The number of carbonyl (C=O) groups is 1. The summed E-state index contributed by atoms with van der Waals surface area (Å²) < 4.78 is 4.49. The maximum absolute atomic E-state index is 10.7. The van der Waals surface area contributed by atoms with Gasteiger partial charge < -0.3 is 25.2 Å². The van der Waals surface area contributed by atoms with Crippen molar-refractivity contribution in [1.82, 2.24) is 0 Å². The van der Waals surface area contributed by atoms with Crippen molar-refractivity contribution in [2.45, 2.75) is 18.3 Å². The highest BCUT2D eigenvalue weighted by Gasteiger charge is 2.29. The van der Waals surface area contributed by atoms with Crippen molar-refractivity contribution in [1.29, 1.82) is 0 Å². The van der Waals surface area contributed by atoms with Crippen LogP contribution in [0.25, 0.3) is 0 Å². The molecule has 0 rings (SSSR count). The van der Waals surface area contributed by atoms with Gasteiger partial charge in [0.2, 0.25) is 0 Å². The number of aliphatic hydroxyl groups excluding tert-OH is 4. The van der Waals surface area contributed by atoms with Crippen molar-refractivity contribution in [3.05, 3.63) is 0 Å². The van der Waals surface area contributed by atoms with Gasteiger partial charge in [0.1, 0.15) is 24.9 Å². The van der Waals surface area contributed by atoms with Crippen LogP contribution in [-0.2, 0) is 9.53 Å². The third-order valence-corrected chi connectivity index (χ3v) is 1.54. The molecule has 0 saturated carbocycles. The molecule has 3 unspecified atom stereocenters. The van der Waals surface area contributed by atoms with Crippen molar-refractivity contribution < 1.29 is 30.0 Å². The largest absolute Gasteiger partial charge is 0.388 e. The summed E-state index contributed by atoms with van der Waals surface area (Å²) in [5.74, 6) is -0.942. The molecule has 0 aromatic carbocycles. The lowest BCUT2D eigenvalue weighted by Crippen LogP contribution is -2.45. The van der Waals surface area contributed by atoms with Crippen LogP contribution in [-0.4, -0.2) is 64.8 Å². The van der Waals surface area contributed by atoms with E-state index in [4.69, 9.17) is 20.4 Å². The maximum atomic E-state index is 10.7. The predicted molar refractivity (Wildman–Crippen MR) is 42.0 cm³/mol. The number of hydrogen-bond donors (Lipinski definition) is 4. The second kappa shape index (κ2) is 6.01. The Morgan fingerprint density at radius 2 is 1.92 bits per heavy atom. The van der Waals surface area contributed by atoms with Crippen LogP contribution in [0.2, 0.25) is 0 Å². The van der Waals surface area contributed by atoms with Gasteiger partial charge in [0.15, 0.2) is 5.78 Å². The number of aliphatic hydroxyl groups is 4. The summed E-state index contributed by atoms with van der Waals surface area (Å²) in [5.41, 5.74) is 0. The van der Waals surface area contributed by atoms with E-state index in [2.05, 4.69) is 4.74 Å². The molecule has 0 aliphatic carbocycles. The van der Waals surface area contributed by atoms with Gasteiger partial charge in [-0.15, -0.1) is 0 Å². The Morgan fingerprint density at radius 3 is 2.31 bits per heavy atom. The lowest BCUT2D eigenvalue weighted by atomic mass is 10.1. The van der Waals surface area contributed by atoms with E-state index in [1.807, 2.05) is 0 Å². The second-order valence-corrected chi connectivity index (χ2v) is 2.58. The number of Topliss-reactive ketones (excluding diaryl/α,β-unsaturated/α-hetero) is 1. The molecule has 6 heteroatoms. The molecular weight excluding hydrogens is 180 g/mol. The van der Waals surface area contributed by atoms with Crippen LogP contribution >= 0.6 is 0 Å². The van der Waals surface area contributed by atoms with Gasteiger partial charge in [-0.1, -0.05) is 0 Å². The highest BCUT2D eigenvalue weighted by molar-refractivity contribution is 5.84. The minimum Gasteiger partial charge on any atom is -0.388 e. The lowest BCUT2D eigenvalue weighted by Gasteiger charge is -2.20. The fraction of sp³-hybridized carbons (Fsp3) is 0.857. The van der Waals surface area contributed by atoms with E-state index >= 15 is 0 Å². The quantitative estimate of drug-likeness (QED) is 0.366. The van der Waals surface area contributed by atoms with E-state index in [0.717, 1.165) is 0 Å². The Balaban J connectivity index is 4.07. The Bertz CT molecular complexity index is 159. The van der Waals surface area contributed by atoms with E-state index in [1.54, 1.807) is 0 Å². The number of methoxy groups -OCH3 is 1. The molecule has 3 atom stereocenters. The molecule has 0 aromatic heterocycles. The van der Waals surface area contributed by atoms with E-state index in [9.17, 15) is 4.79 Å². The summed E-state index contributed by atoms with van der Waals surface area (Å²) in [5, 5.41) is 35.5. The van der Waals surface area contributed by atoms with Crippen LogP contribution in [0, 0.1) is 0 Å². The molecule has 0 fully saturated rings. The van der Waals surface area contributed by atoms with Crippen molar-refractivity contribution in [2.24, 2.45) is 0 Å². The number of ketones is 1. The third-order valence-electron chi connectivity index (χ3n) is 1.54. The summed E-state index contributed by atoms with van der Waals surface area (Å²) in [7, 11) is 1.30. The predicted octanol–water partition coefficient (Wildman–Crippen LogP) is -2.72. The second-order valence-electron chi connectivity index (χ2n) is 2.58. The summed E-state index contributed by atoms with van der Waals surface area (Å²) in [6.45, 7) is -1.07. The van der Waals surface area contributed by atoms with E-state index in [1.165, 1.54) is 7.11 Å². The molecule has 0 radical (unpaired) electrons. The van der Waals surface area contributed by atoms with Crippen LogP contribution in [0.4, 0.5) is 0 Å². The molecule has 0 aliphatic rings. The molecule has 4 N–H and O–H groups in total. The lowest BCUT2D eigenvalue weighted by molar-refractivity contribution is -0.143. The minimum atomic E-state index is -1.78. The Morgan fingerprint density at radius 1 is 1.38 bits per heavy atom. The topological polar surface area (TPSA) is 107 Å². The first-order valence-electron chi connectivity index (χ1n) is 3.71. The van der Waals surface area contributed by atoms with Crippen LogP contribution in [0.15, 0.2) is 0 Å². The van der Waals surface area contributed by atoms with Crippen molar-refractivity contribution >= 4 is 5.78 Å². The summed E-state index contributed by atoms with van der Waals surface area (Å²) in [4.78, 5) is 10.7. The standard InChI is InChI=1S/C7H14O6/c1-13-3-5(10)7(12)6(11)4(9)2-8/h5-8,10-12H,2-3H2,1H3. The molecule has 0 saturated heterocycles. The van der Waals surface area contributed by atoms with Gasteiger partial charge in [0, 0.05) is 7.11 Å².